The van der Waals surface area contributed by atoms with E-state index < -0.39 is 0 Å². The summed E-state index contributed by atoms with van der Waals surface area (Å²) < 4.78 is 0. The van der Waals surface area contributed by atoms with Gasteiger partial charge in [0.1, 0.15) is 0 Å². The Balaban J connectivity index is 1.09. The predicted octanol–water partition coefficient (Wildman–Crippen LogP) is 13.8. The highest BCUT2D eigenvalue weighted by Gasteiger charge is 2.89. The largest absolute Gasteiger partial charge is 0.0622 e. The molecule has 6 aromatic rings. The van der Waals surface area contributed by atoms with Gasteiger partial charge in [-0.2, -0.15) is 0 Å². The lowest BCUT2D eigenvalue weighted by Gasteiger charge is -2.67. The highest BCUT2D eigenvalue weighted by Crippen LogP contribution is 2.94. The van der Waals surface area contributed by atoms with Crippen LogP contribution in [0, 0.1) is 22.2 Å². The van der Waals surface area contributed by atoms with Crippen LogP contribution in [0.4, 0.5) is 0 Å². The Morgan fingerprint density at radius 1 is 0.310 bits per heavy atom. The van der Waals surface area contributed by atoms with E-state index >= 15 is 0 Å². The molecule has 10 unspecified atom stereocenters. The highest BCUT2D eigenvalue weighted by molar-refractivity contribution is 5.57. The summed E-state index contributed by atoms with van der Waals surface area (Å²) in [5.74, 6) is 1.21. The van der Waals surface area contributed by atoms with Gasteiger partial charge in [-0.25, -0.2) is 0 Å². The maximum Gasteiger partial charge on any atom is 0.00356 e. The molecule has 1 spiro atoms. The molecule has 0 heterocycles. The van der Waals surface area contributed by atoms with Crippen molar-refractivity contribution < 1.29 is 0 Å². The van der Waals surface area contributed by atoms with Crippen LogP contribution in [-0.2, 0) is 27.1 Å². The van der Waals surface area contributed by atoms with Crippen LogP contribution in [0.15, 0.2) is 182 Å². The van der Waals surface area contributed by atoms with Crippen LogP contribution in [0.3, 0.4) is 0 Å². The highest BCUT2D eigenvalue weighted by atomic mass is 14.9. The molecule has 58 heavy (non-hydrogen) atoms. The van der Waals surface area contributed by atoms with E-state index in [0.717, 1.165) is 0 Å². The maximum absolute atomic E-state index is 2.56. The number of benzene rings is 6. The van der Waals surface area contributed by atoms with Crippen molar-refractivity contribution in [1.29, 1.82) is 0 Å². The van der Waals surface area contributed by atoms with Crippen molar-refractivity contribution in [3.8, 4) is 0 Å². The first-order chi connectivity index (χ1) is 28.4. The molecule has 0 aromatic heterocycles. The Morgan fingerprint density at radius 3 is 1.38 bits per heavy atom. The average molecular weight is 753 g/mol. The lowest BCUT2D eigenvalue weighted by molar-refractivity contribution is -0.0889. The molecule has 6 aromatic carbocycles. The van der Waals surface area contributed by atoms with Crippen LogP contribution in [-0.4, -0.2) is 0 Å². The molecule has 7 aliphatic carbocycles. The second-order valence-corrected chi connectivity index (χ2v) is 21.4. The summed E-state index contributed by atoms with van der Waals surface area (Å²) in [5.41, 5.74) is 11.3. The Morgan fingerprint density at radius 2 is 0.793 bits per heavy atom. The number of hydrogen-bond acceptors (Lipinski definition) is 0. The normalized spacial score (nSPS) is 41.2. The molecule has 0 heteroatoms. The molecule has 0 saturated heterocycles. The van der Waals surface area contributed by atoms with E-state index in [1.807, 2.05) is 0 Å². The second-order valence-electron chi connectivity index (χ2n) is 21.4. The van der Waals surface area contributed by atoms with E-state index in [1.165, 1.54) is 77.0 Å². The lowest BCUT2D eigenvalue weighted by Crippen LogP contribution is -2.65. The van der Waals surface area contributed by atoms with Gasteiger partial charge in [0, 0.05) is 10.8 Å². The van der Waals surface area contributed by atoms with Gasteiger partial charge in [-0.3, -0.25) is 0 Å². The summed E-state index contributed by atoms with van der Waals surface area (Å²) in [6, 6.07) is 72.2. The van der Waals surface area contributed by atoms with E-state index in [0.29, 0.717) is 11.8 Å². The monoisotopic (exact) mass is 752 g/mol. The zero-order valence-corrected chi connectivity index (χ0v) is 34.0. The third-order valence-corrected chi connectivity index (χ3v) is 19.5. The van der Waals surface area contributed by atoms with Gasteiger partial charge in [0.25, 0.3) is 0 Å². The van der Waals surface area contributed by atoms with E-state index in [1.54, 1.807) is 33.4 Å². The summed E-state index contributed by atoms with van der Waals surface area (Å²) in [4.78, 5) is 0. The molecule has 13 rings (SSSR count). The van der Waals surface area contributed by atoms with Gasteiger partial charge in [0.2, 0.25) is 0 Å². The van der Waals surface area contributed by atoms with E-state index in [2.05, 4.69) is 182 Å². The topological polar surface area (TPSA) is 0 Å². The predicted molar refractivity (Wildman–Crippen MR) is 236 cm³/mol. The summed E-state index contributed by atoms with van der Waals surface area (Å²) in [6.45, 7) is 0. The van der Waals surface area contributed by atoms with Crippen molar-refractivity contribution in [3.63, 3.8) is 0 Å². The molecule has 0 N–H and O–H groups in total. The first-order valence-corrected chi connectivity index (χ1v) is 22.7. The minimum absolute atomic E-state index is 0.165. The Kier molecular flexibility index (Phi) is 6.80. The fourth-order valence-corrected chi connectivity index (χ4v) is 18.3. The van der Waals surface area contributed by atoms with Crippen LogP contribution in [0.25, 0.3) is 0 Å². The van der Waals surface area contributed by atoms with Crippen LogP contribution >= 0.6 is 0 Å². The molecule has 7 saturated carbocycles. The van der Waals surface area contributed by atoms with Crippen LogP contribution in [0.2, 0.25) is 0 Å². The van der Waals surface area contributed by atoms with Gasteiger partial charge < -0.3 is 0 Å². The van der Waals surface area contributed by atoms with Crippen molar-refractivity contribution >= 4 is 0 Å². The zero-order valence-electron chi connectivity index (χ0n) is 34.0. The van der Waals surface area contributed by atoms with Gasteiger partial charge >= 0.3 is 0 Å². The maximum atomic E-state index is 2.56. The van der Waals surface area contributed by atoms with Gasteiger partial charge in [-0.1, -0.05) is 182 Å². The third kappa shape index (κ3) is 4.09. The zero-order chi connectivity index (χ0) is 38.3. The Hall–Kier alpha value is -4.68. The van der Waals surface area contributed by atoms with E-state index in [9.17, 15) is 0 Å². The van der Waals surface area contributed by atoms with Gasteiger partial charge in [0.15, 0.2) is 0 Å². The molecule has 7 aliphatic rings. The smallest absolute Gasteiger partial charge is 0.00356 e. The summed E-state index contributed by atoms with van der Waals surface area (Å²) in [7, 11) is 0. The molecule has 0 amide bonds. The van der Waals surface area contributed by atoms with Crippen molar-refractivity contribution in [3.05, 3.63) is 215 Å². The quantitative estimate of drug-likeness (QED) is 0.152. The van der Waals surface area contributed by atoms with Gasteiger partial charge in [-0.15, -0.1) is 0 Å². The fourth-order valence-electron chi connectivity index (χ4n) is 18.3. The van der Waals surface area contributed by atoms with Crippen LogP contribution < -0.4 is 0 Å². The number of hydrogen-bond donors (Lipinski definition) is 0. The fraction of sp³-hybridized carbons (Fsp3) is 0.379. The molecule has 288 valence electrons. The van der Waals surface area contributed by atoms with Crippen molar-refractivity contribution in [2.75, 3.05) is 0 Å². The summed E-state index contributed by atoms with van der Waals surface area (Å²) in [5, 5.41) is 0. The van der Waals surface area contributed by atoms with Crippen molar-refractivity contribution in [2.45, 2.75) is 110 Å². The third-order valence-electron chi connectivity index (χ3n) is 19.5. The number of fused-ring (bicyclic) bond motifs is 5. The van der Waals surface area contributed by atoms with Gasteiger partial charge in [0.05, 0.1) is 0 Å². The Bertz CT molecular complexity index is 2450. The first-order valence-electron chi connectivity index (χ1n) is 22.7. The minimum atomic E-state index is 0.165. The number of rotatable bonds is 7. The summed E-state index contributed by atoms with van der Waals surface area (Å²) >= 11 is 0. The van der Waals surface area contributed by atoms with Gasteiger partial charge in [-0.05, 0) is 155 Å². The molecule has 7 fully saturated rings. The van der Waals surface area contributed by atoms with E-state index in [-0.39, 0.29) is 43.3 Å². The molecule has 10 atom stereocenters. The second kappa shape index (κ2) is 11.5. The van der Waals surface area contributed by atoms with Crippen LogP contribution in [0.5, 0.6) is 0 Å². The lowest BCUT2D eigenvalue weighted by atomic mass is 9.35. The molecular formula is C58H56. The standard InChI is InChI=1S/C58H56/c1-7-19-43(20-8-1)44-31-53(34-50-33-51(35-53,45-21-9-2-10-22-45)37-55(50,32-44)47-25-13-4-14-26-47)54-36-52(46-23-11-3-12-24-46)38-56(48-27-15-5-16-28-48)42-57(40-54,58(56,39-52)41-54)49-29-17-6-18-30-49/h1-30,44,50H,31-42H2. The van der Waals surface area contributed by atoms with Crippen molar-refractivity contribution in [1.82, 2.24) is 0 Å². The van der Waals surface area contributed by atoms with E-state index in [4.69, 9.17) is 0 Å². The Labute approximate surface area is 346 Å². The molecular weight excluding hydrogens is 697 g/mol. The molecule has 0 aliphatic heterocycles. The molecule has 0 radical (unpaired) electrons. The molecule has 0 nitrogen and oxygen atoms in total. The first kappa shape index (κ1) is 34.2. The average Bonchev–Trinajstić information content (AvgIpc) is 3.67. The van der Waals surface area contributed by atoms with Crippen LogP contribution in [0.1, 0.15) is 116 Å². The summed E-state index contributed by atoms with van der Waals surface area (Å²) in [6.07, 6.45) is 15.9. The minimum Gasteiger partial charge on any atom is -0.0622 e. The molecule has 6 bridgehead atoms. The SMILES string of the molecule is c1ccc(C2CC3(c4ccccc4)CC4(c5ccccc5)CC3CC(C35CC6(c7ccccc7)CC7(c8ccccc8)CC(c8ccccc8)(C3)C7(C6)C5)(C2)C4)cc1. The van der Waals surface area contributed by atoms with Crippen molar-refractivity contribution in [2.24, 2.45) is 22.2 Å².